The SMILES string of the molecule is CN1CC[C@@](O)(c2cc(-c3cccc(-c4ccnc(NC5CCSC5)n4)n3)no2)C1=O. The molecule has 2 aliphatic heterocycles. The van der Waals surface area contributed by atoms with Crippen LogP contribution in [0.1, 0.15) is 18.6 Å². The van der Waals surface area contributed by atoms with E-state index in [1.165, 1.54) is 4.90 Å². The Morgan fingerprint density at radius 3 is 2.77 bits per heavy atom. The van der Waals surface area contributed by atoms with E-state index in [4.69, 9.17) is 4.52 Å². The van der Waals surface area contributed by atoms with Crippen molar-refractivity contribution in [3.05, 3.63) is 42.3 Å². The molecule has 2 N–H and O–H groups in total. The smallest absolute Gasteiger partial charge is 0.262 e. The Kier molecular flexibility index (Phi) is 5.11. The molecule has 160 valence electrons. The summed E-state index contributed by atoms with van der Waals surface area (Å²) in [7, 11) is 1.65. The number of carbonyl (C=O) groups is 1. The van der Waals surface area contributed by atoms with Crippen LogP contribution in [0, 0.1) is 0 Å². The van der Waals surface area contributed by atoms with Crippen LogP contribution in [-0.2, 0) is 10.4 Å². The number of hydrogen-bond acceptors (Lipinski definition) is 9. The quantitative estimate of drug-likeness (QED) is 0.618. The van der Waals surface area contributed by atoms with E-state index in [-0.39, 0.29) is 12.2 Å². The number of amides is 1. The summed E-state index contributed by atoms with van der Waals surface area (Å²) in [6, 6.07) is 9.30. The van der Waals surface area contributed by atoms with Gasteiger partial charge in [-0.1, -0.05) is 11.2 Å². The summed E-state index contributed by atoms with van der Waals surface area (Å²) in [6.45, 7) is 0.461. The van der Waals surface area contributed by atoms with Crippen molar-refractivity contribution in [2.24, 2.45) is 0 Å². The maximum Gasteiger partial charge on any atom is 0.262 e. The number of hydrogen-bond donors (Lipinski definition) is 2. The first-order valence-electron chi connectivity index (χ1n) is 10.1. The van der Waals surface area contributed by atoms with Gasteiger partial charge in [-0.05, 0) is 30.4 Å². The molecule has 0 bridgehead atoms. The summed E-state index contributed by atoms with van der Waals surface area (Å²) < 4.78 is 5.34. The lowest BCUT2D eigenvalue weighted by atomic mass is 9.98. The van der Waals surface area contributed by atoms with E-state index in [0.717, 1.165) is 17.9 Å². The van der Waals surface area contributed by atoms with E-state index in [2.05, 4.69) is 25.4 Å². The summed E-state index contributed by atoms with van der Waals surface area (Å²) in [5.41, 5.74) is 0.699. The number of aromatic nitrogens is 4. The molecule has 1 amide bonds. The van der Waals surface area contributed by atoms with E-state index in [1.54, 1.807) is 25.4 Å². The van der Waals surface area contributed by atoms with Crippen molar-refractivity contribution >= 4 is 23.6 Å². The van der Waals surface area contributed by atoms with E-state index < -0.39 is 11.5 Å². The largest absolute Gasteiger partial charge is 0.373 e. The van der Waals surface area contributed by atoms with E-state index >= 15 is 0 Å². The number of thioether (sulfide) groups is 1. The van der Waals surface area contributed by atoms with Crippen molar-refractivity contribution < 1.29 is 14.4 Å². The standard InChI is InChI=1S/C21H22N6O3S/c1-27-9-7-21(29,19(27)28)18-11-17(26-30-18)15-4-2-3-14(24-15)16-5-8-22-20(25-16)23-13-6-10-31-12-13/h2-5,8,11,13,29H,6-7,9-10,12H2,1H3,(H,22,23,25)/t13?,21-/m1/s1. The van der Waals surface area contributed by atoms with Gasteiger partial charge in [-0.15, -0.1) is 0 Å². The minimum atomic E-state index is -1.68. The molecule has 2 saturated heterocycles. The highest BCUT2D eigenvalue weighted by atomic mass is 32.2. The number of nitrogens with zero attached hydrogens (tertiary/aromatic N) is 5. The second-order valence-corrected chi connectivity index (χ2v) is 8.94. The number of likely N-dealkylation sites (N-methyl/N-ethyl adjacent to an activating group) is 1. The average molecular weight is 439 g/mol. The molecule has 3 aromatic rings. The second-order valence-electron chi connectivity index (χ2n) is 7.79. The van der Waals surface area contributed by atoms with Gasteiger partial charge < -0.3 is 19.8 Å². The predicted molar refractivity (Wildman–Crippen MR) is 116 cm³/mol. The van der Waals surface area contributed by atoms with Crippen LogP contribution >= 0.6 is 11.8 Å². The molecule has 0 spiro atoms. The summed E-state index contributed by atoms with van der Waals surface area (Å²) in [5, 5.41) is 18.2. The molecule has 0 aromatic carbocycles. The van der Waals surface area contributed by atoms with Crippen molar-refractivity contribution in [3.8, 4) is 22.8 Å². The zero-order valence-electron chi connectivity index (χ0n) is 17.0. The van der Waals surface area contributed by atoms with Crippen molar-refractivity contribution in [2.75, 3.05) is 30.4 Å². The van der Waals surface area contributed by atoms with Crippen LogP contribution in [0.4, 0.5) is 5.95 Å². The summed E-state index contributed by atoms with van der Waals surface area (Å²) in [5.74, 6) is 2.54. The van der Waals surface area contributed by atoms with Crippen molar-refractivity contribution in [3.63, 3.8) is 0 Å². The topological polar surface area (TPSA) is 117 Å². The number of nitrogens with one attached hydrogen (secondary N) is 1. The van der Waals surface area contributed by atoms with Crippen LogP contribution in [0.25, 0.3) is 22.8 Å². The lowest BCUT2D eigenvalue weighted by molar-refractivity contribution is -0.144. The Labute approximate surface area is 183 Å². The minimum Gasteiger partial charge on any atom is -0.373 e. The number of rotatable bonds is 5. The molecule has 2 atom stereocenters. The van der Waals surface area contributed by atoms with Crippen LogP contribution in [0.3, 0.4) is 0 Å². The number of anilines is 1. The van der Waals surface area contributed by atoms with Crippen molar-refractivity contribution in [1.82, 2.24) is 25.0 Å². The van der Waals surface area contributed by atoms with Gasteiger partial charge in [-0.2, -0.15) is 11.8 Å². The lowest BCUT2D eigenvalue weighted by Crippen LogP contribution is -2.35. The predicted octanol–water partition coefficient (Wildman–Crippen LogP) is 2.16. The first kappa shape index (κ1) is 20.0. The normalized spacial score (nSPS) is 23.5. The lowest BCUT2D eigenvalue weighted by Gasteiger charge is -2.16. The van der Waals surface area contributed by atoms with Crippen LogP contribution in [-0.4, -0.2) is 67.2 Å². The second kappa shape index (κ2) is 7.93. The molecule has 0 radical (unpaired) electrons. The number of pyridine rings is 1. The third-order valence-electron chi connectivity index (χ3n) is 5.62. The van der Waals surface area contributed by atoms with Gasteiger partial charge in [0.25, 0.3) is 5.91 Å². The Morgan fingerprint density at radius 1 is 1.23 bits per heavy atom. The molecule has 0 saturated carbocycles. The highest BCUT2D eigenvalue weighted by Crippen LogP contribution is 2.34. The average Bonchev–Trinajstić information content (AvgIpc) is 3.54. The van der Waals surface area contributed by atoms with Gasteiger partial charge in [0, 0.05) is 44.1 Å². The van der Waals surface area contributed by atoms with Gasteiger partial charge in [0.1, 0.15) is 5.69 Å². The first-order chi connectivity index (χ1) is 15.0. The highest BCUT2D eigenvalue weighted by molar-refractivity contribution is 7.99. The minimum absolute atomic E-state index is 0.131. The van der Waals surface area contributed by atoms with Gasteiger partial charge in [-0.25, -0.2) is 15.0 Å². The molecule has 0 aliphatic carbocycles. The third kappa shape index (κ3) is 3.77. The fourth-order valence-electron chi connectivity index (χ4n) is 3.79. The molecular weight excluding hydrogens is 416 g/mol. The molecule has 9 nitrogen and oxygen atoms in total. The van der Waals surface area contributed by atoms with Crippen LogP contribution in [0.2, 0.25) is 0 Å². The van der Waals surface area contributed by atoms with Gasteiger partial charge in [-0.3, -0.25) is 4.79 Å². The van der Waals surface area contributed by atoms with Crippen molar-refractivity contribution in [1.29, 1.82) is 0 Å². The van der Waals surface area contributed by atoms with Gasteiger partial charge in [0.05, 0.1) is 17.1 Å². The molecular formula is C21H22N6O3S. The van der Waals surface area contributed by atoms with Gasteiger partial charge in [0.2, 0.25) is 11.5 Å². The highest BCUT2D eigenvalue weighted by Gasteiger charge is 2.48. The molecule has 1 unspecified atom stereocenters. The summed E-state index contributed by atoms with van der Waals surface area (Å²) >= 11 is 1.92. The molecule has 2 aliphatic rings. The van der Waals surface area contributed by atoms with Crippen molar-refractivity contribution in [2.45, 2.75) is 24.5 Å². The number of likely N-dealkylation sites (tertiary alicyclic amines) is 1. The first-order valence-corrected chi connectivity index (χ1v) is 11.3. The number of aliphatic hydroxyl groups is 1. The van der Waals surface area contributed by atoms with E-state index in [1.807, 2.05) is 30.0 Å². The zero-order chi connectivity index (χ0) is 21.4. The zero-order valence-corrected chi connectivity index (χ0v) is 17.8. The summed E-state index contributed by atoms with van der Waals surface area (Å²) in [6.07, 6.45) is 3.08. The third-order valence-corrected chi connectivity index (χ3v) is 6.78. The fraction of sp³-hybridized carbons (Fsp3) is 0.381. The maximum atomic E-state index is 12.3. The molecule has 3 aromatic heterocycles. The van der Waals surface area contributed by atoms with Crippen LogP contribution in [0.15, 0.2) is 41.1 Å². The molecule has 5 rings (SSSR count). The number of carbonyl (C=O) groups excluding carboxylic acids is 1. The molecule has 10 heteroatoms. The Bertz CT molecular complexity index is 1120. The van der Waals surface area contributed by atoms with Crippen LogP contribution in [0.5, 0.6) is 0 Å². The Morgan fingerprint density at radius 2 is 2.03 bits per heavy atom. The Hall–Kier alpha value is -2.98. The van der Waals surface area contributed by atoms with E-state index in [0.29, 0.717) is 41.3 Å². The van der Waals surface area contributed by atoms with Gasteiger partial charge >= 0.3 is 0 Å². The maximum absolute atomic E-state index is 12.3. The van der Waals surface area contributed by atoms with Gasteiger partial charge in [0.15, 0.2) is 5.76 Å². The molecule has 5 heterocycles. The van der Waals surface area contributed by atoms with Crippen LogP contribution < -0.4 is 5.32 Å². The summed E-state index contributed by atoms with van der Waals surface area (Å²) in [4.78, 5) is 27.4. The van der Waals surface area contributed by atoms with E-state index in [9.17, 15) is 9.90 Å². The monoisotopic (exact) mass is 438 g/mol. The fourth-order valence-corrected chi connectivity index (χ4v) is 4.95. The Balaban J connectivity index is 1.40. The molecule has 31 heavy (non-hydrogen) atoms. The molecule has 2 fully saturated rings.